The van der Waals surface area contributed by atoms with Crippen LogP contribution in [0, 0.1) is 5.92 Å². The van der Waals surface area contributed by atoms with Gasteiger partial charge in [0.15, 0.2) is 0 Å². The molecule has 0 aliphatic rings. The number of hydrogen-bond donors (Lipinski definition) is 1. The van der Waals surface area contributed by atoms with Gasteiger partial charge in [-0.2, -0.15) is 0 Å². The maximum absolute atomic E-state index is 10.6. The van der Waals surface area contributed by atoms with Gasteiger partial charge in [-0.3, -0.25) is 0 Å². The Bertz CT molecular complexity index is 362. The third-order valence-electron chi connectivity index (χ3n) is 1.48. The minimum Gasteiger partial charge on any atom is -0.550 e. The van der Waals surface area contributed by atoms with E-state index in [1.165, 1.54) is 0 Å². The summed E-state index contributed by atoms with van der Waals surface area (Å²) in [5, 5.41) is 40.7. The fourth-order valence-corrected chi connectivity index (χ4v) is 0.707. The first-order valence-corrected chi connectivity index (χ1v) is 3.27. The standard InChI is InChI=1S/C7H10O7.3Na/c1-3(5(10)11)7(14,6(12)13)2-4(8)9;;;/h3,14H,2H2,1H3,(H,8,9)(H,10,11)(H,12,13);;;/q;3*+1/p-3/i1D3;;;. The van der Waals surface area contributed by atoms with Gasteiger partial charge in [0, 0.05) is 28.4 Å². The molecule has 80 valence electrons. The average Bonchev–Trinajstić information content (AvgIpc) is 1.96. The molecular weight excluding hydrogens is 265 g/mol. The Morgan fingerprint density at radius 2 is 1.65 bits per heavy atom. The molecule has 0 saturated heterocycles. The van der Waals surface area contributed by atoms with E-state index in [4.69, 9.17) is 4.11 Å². The van der Waals surface area contributed by atoms with Gasteiger partial charge in [0.2, 0.25) is 0 Å². The molecule has 0 bridgehead atoms. The Morgan fingerprint density at radius 1 is 1.24 bits per heavy atom. The van der Waals surface area contributed by atoms with E-state index in [2.05, 4.69) is 0 Å². The Hall–Kier alpha value is 1.37. The fourth-order valence-electron chi connectivity index (χ4n) is 0.707. The van der Waals surface area contributed by atoms with Crippen molar-refractivity contribution < 1.29 is 128 Å². The van der Waals surface area contributed by atoms with Crippen LogP contribution in [0.2, 0.25) is 0 Å². The Balaban J connectivity index is -0.000000427. The molecule has 0 heterocycles. The SMILES string of the molecule is [2H]C([2H])([2H])C(C(=O)[O-])C(O)(CC(=O)[O-])C(=O)[O-].[Na+].[Na+].[Na+]. The minimum absolute atomic E-state index is 0. The molecular formula is C7H7Na3O7. The topological polar surface area (TPSA) is 141 Å². The summed E-state index contributed by atoms with van der Waals surface area (Å²) in [6.07, 6.45) is -1.74. The van der Waals surface area contributed by atoms with Crippen LogP contribution in [0.3, 0.4) is 0 Å². The van der Waals surface area contributed by atoms with Gasteiger partial charge in [-0.15, -0.1) is 0 Å². The molecule has 10 heteroatoms. The Kier molecular flexibility index (Phi) is 12.1. The average molecular weight is 275 g/mol. The van der Waals surface area contributed by atoms with Crippen molar-refractivity contribution in [1.82, 2.24) is 0 Å². The fraction of sp³-hybridized carbons (Fsp3) is 0.571. The van der Waals surface area contributed by atoms with E-state index in [1.54, 1.807) is 0 Å². The van der Waals surface area contributed by atoms with Gasteiger partial charge in [0.05, 0.1) is 5.97 Å². The second-order valence-corrected chi connectivity index (χ2v) is 2.51. The first kappa shape index (κ1) is 18.4. The molecule has 0 amide bonds. The van der Waals surface area contributed by atoms with Crippen LogP contribution in [0.5, 0.6) is 0 Å². The van der Waals surface area contributed by atoms with Crippen LogP contribution in [0.1, 0.15) is 17.4 Å². The van der Waals surface area contributed by atoms with Crippen LogP contribution in [0.15, 0.2) is 0 Å². The van der Waals surface area contributed by atoms with Crippen LogP contribution >= 0.6 is 0 Å². The van der Waals surface area contributed by atoms with E-state index in [0.29, 0.717) is 0 Å². The van der Waals surface area contributed by atoms with Crippen LogP contribution < -0.4 is 104 Å². The number of aliphatic carboxylic acids is 3. The largest absolute Gasteiger partial charge is 1.00 e. The molecule has 0 aliphatic heterocycles. The first-order chi connectivity index (χ1) is 7.43. The molecule has 0 radical (unpaired) electrons. The van der Waals surface area contributed by atoms with Crippen LogP contribution in [-0.2, 0) is 14.4 Å². The molecule has 2 atom stereocenters. The number of rotatable bonds is 5. The van der Waals surface area contributed by atoms with Gasteiger partial charge in [-0.1, -0.05) is 6.85 Å². The Labute approximate surface area is 168 Å². The van der Waals surface area contributed by atoms with Gasteiger partial charge < -0.3 is 34.8 Å². The molecule has 0 aromatic heterocycles. The summed E-state index contributed by atoms with van der Waals surface area (Å²) in [5.74, 6) is -10.1. The molecule has 0 aromatic rings. The number of hydrogen-bond acceptors (Lipinski definition) is 7. The molecule has 7 nitrogen and oxygen atoms in total. The monoisotopic (exact) mass is 275 g/mol. The summed E-state index contributed by atoms with van der Waals surface area (Å²) >= 11 is 0. The number of aliphatic hydroxyl groups is 1. The van der Waals surface area contributed by atoms with E-state index in [1.807, 2.05) is 0 Å². The molecule has 1 N–H and O–H groups in total. The predicted octanol–water partition coefficient (Wildman–Crippen LogP) is -14.0. The molecule has 0 saturated carbocycles. The summed E-state index contributed by atoms with van der Waals surface area (Å²) in [7, 11) is 0. The van der Waals surface area contributed by atoms with Crippen LogP contribution in [-0.4, -0.2) is 28.6 Å². The van der Waals surface area contributed by atoms with Gasteiger partial charge >= 0.3 is 88.7 Å². The number of carbonyl (C=O) groups excluding carboxylic acids is 3. The summed E-state index contributed by atoms with van der Waals surface area (Å²) < 4.78 is 20.3. The van der Waals surface area contributed by atoms with Gasteiger partial charge in [-0.05, 0) is 0 Å². The zero-order chi connectivity index (χ0) is 14.0. The summed E-state index contributed by atoms with van der Waals surface area (Å²) in [6, 6.07) is 0. The molecule has 0 rings (SSSR count). The van der Waals surface area contributed by atoms with Crippen molar-refractivity contribution in [1.29, 1.82) is 0 Å². The second kappa shape index (κ2) is 11.2. The zero-order valence-electron chi connectivity index (χ0n) is 12.7. The van der Waals surface area contributed by atoms with E-state index in [9.17, 15) is 34.8 Å². The number of carboxylic acid groups (broad SMARTS) is 3. The van der Waals surface area contributed by atoms with Crippen LogP contribution in [0.4, 0.5) is 0 Å². The quantitative estimate of drug-likeness (QED) is 0.491. The second-order valence-electron chi connectivity index (χ2n) is 2.51. The third-order valence-corrected chi connectivity index (χ3v) is 1.48. The normalized spacial score (nSPS) is 17.1. The summed E-state index contributed by atoms with van der Waals surface area (Å²) in [5.41, 5.74) is -3.64. The van der Waals surface area contributed by atoms with Crippen molar-refractivity contribution in [3.05, 3.63) is 0 Å². The van der Waals surface area contributed by atoms with Crippen molar-refractivity contribution in [2.45, 2.75) is 18.9 Å². The van der Waals surface area contributed by atoms with Crippen molar-refractivity contribution >= 4 is 17.9 Å². The molecule has 2 unspecified atom stereocenters. The van der Waals surface area contributed by atoms with Crippen molar-refractivity contribution in [2.24, 2.45) is 5.92 Å². The molecule has 17 heavy (non-hydrogen) atoms. The summed E-state index contributed by atoms with van der Waals surface area (Å²) in [6.45, 7) is -3.48. The maximum atomic E-state index is 10.6. The van der Waals surface area contributed by atoms with Crippen molar-refractivity contribution in [2.75, 3.05) is 0 Å². The molecule has 0 fully saturated rings. The number of carbonyl (C=O) groups is 3. The zero-order valence-corrected chi connectivity index (χ0v) is 15.7. The Morgan fingerprint density at radius 3 is 1.82 bits per heavy atom. The predicted molar refractivity (Wildman–Crippen MR) is 33.8 cm³/mol. The molecule has 0 aromatic carbocycles. The van der Waals surface area contributed by atoms with Crippen LogP contribution in [0.25, 0.3) is 0 Å². The van der Waals surface area contributed by atoms with Gasteiger partial charge in [-0.25, -0.2) is 0 Å². The van der Waals surface area contributed by atoms with Crippen molar-refractivity contribution in [3.63, 3.8) is 0 Å². The summed E-state index contributed by atoms with van der Waals surface area (Å²) in [4.78, 5) is 31.3. The van der Waals surface area contributed by atoms with E-state index >= 15 is 0 Å². The van der Waals surface area contributed by atoms with E-state index in [-0.39, 0.29) is 88.7 Å². The minimum atomic E-state index is -3.64. The number of carboxylic acids is 3. The molecule has 0 spiro atoms. The third kappa shape index (κ3) is 8.20. The van der Waals surface area contributed by atoms with E-state index < -0.39 is 42.7 Å². The smallest absolute Gasteiger partial charge is 0.550 e. The van der Waals surface area contributed by atoms with Gasteiger partial charge in [0.25, 0.3) is 0 Å². The van der Waals surface area contributed by atoms with E-state index in [0.717, 1.165) is 0 Å². The van der Waals surface area contributed by atoms with Gasteiger partial charge in [0.1, 0.15) is 5.60 Å². The first-order valence-electron chi connectivity index (χ1n) is 4.77. The maximum Gasteiger partial charge on any atom is 1.00 e. The molecule has 0 aliphatic carbocycles. The van der Waals surface area contributed by atoms with Crippen molar-refractivity contribution in [3.8, 4) is 0 Å².